The summed E-state index contributed by atoms with van der Waals surface area (Å²) in [5.74, 6) is -1.62. The summed E-state index contributed by atoms with van der Waals surface area (Å²) >= 11 is 0. The Balaban J connectivity index is 1.61. The Morgan fingerprint density at radius 1 is 1.29 bits per heavy atom. The topological polar surface area (TPSA) is 70.1 Å². The zero-order valence-electron chi connectivity index (χ0n) is 14.0. The first-order valence-electron chi connectivity index (χ1n) is 8.44. The van der Waals surface area contributed by atoms with Gasteiger partial charge in [0.15, 0.2) is 0 Å². The van der Waals surface area contributed by atoms with Crippen molar-refractivity contribution in [2.24, 2.45) is 5.92 Å². The van der Waals surface area contributed by atoms with Crippen LogP contribution in [0, 0.1) is 5.92 Å². The molecule has 3 rings (SSSR count). The number of carbonyl (C=O) groups excluding carboxylic acids is 1. The molecule has 0 bridgehead atoms. The van der Waals surface area contributed by atoms with Crippen LogP contribution < -0.4 is 4.90 Å². The van der Waals surface area contributed by atoms with Gasteiger partial charge in [-0.1, -0.05) is 12.1 Å². The van der Waals surface area contributed by atoms with Crippen LogP contribution in [-0.2, 0) is 20.9 Å². The summed E-state index contributed by atoms with van der Waals surface area (Å²) in [4.78, 5) is 27.0. The molecule has 130 valence electrons. The van der Waals surface area contributed by atoms with E-state index < -0.39 is 11.9 Å². The fraction of sp³-hybridized carbons (Fsp3) is 0.556. The van der Waals surface area contributed by atoms with Crippen molar-refractivity contribution < 1.29 is 19.4 Å². The van der Waals surface area contributed by atoms with Gasteiger partial charge in [0.1, 0.15) is 0 Å². The quantitative estimate of drug-likeness (QED) is 0.889. The Hall–Kier alpha value is -1.92. The van der Waals surface area contributed by atoms with Crippen molar-refractivity contribution >= 4 is 17.6 Å². The molecule has 2 saturated heterocycles. The van der Waals surface area contributed by atoms with Gasteiger partial charge in [-0.15, -0.1) is 0 Å². The lowest BCUT2D eigenvalue weighted by molar-refractivity contribution is -0.141. The maximum Gasteiger partial charge on any atom is 0.308 e. The molecule has 6 heteroatoms. The highest BCUT2D eigenvalue weighted by atomic mass is 16.5. The van der Waals surface area contributed by atoms with E-state index in [1.54, 1.807) is 4.90 Å². The van der Waals surface area contributed by atoms with Crippen molar-refractivity contribution in [3.63, 3.8) is 0 Å². The lowest BCUT2D eigenvalue weighted by Crippen LogP contribution is -2.36. The molecule has 1 amide bonds. The van der Waals surface area contributed by atoms with Crippen molar-refractivity contribution in [2.75, 3.05) is 31.7 Å². The first-order chi connectivity index (χ1) is 11.5. The third-order valence-corrected chi connectivity index (χ3v) is 4.97. The molecule has 1 aromatic rings. The second kappa shape index (κ2) is 7.32. The van der Waals surface area contributed by atoms with E-state index in [9.17, 15) is 9.59 Å². The number of amides is 1. The van der Waals surface area contributed by atoms with E-state index in [1.165, 1.54) is 5.56 Å². The summed E-state index contributed by atoms with van der Waals surface area (Å²) in [6.45, 7) is 2.78. The number of hydrogen-bond donors (Lipinski definition) is 1. The van der Waals surface area contributed by atoms with Crippen molar-refractivity contribution in [1.29, 1.82) is 0 Å². The van der Waals surface area contributed by atoms with Gasteiger partial charge in [-0.2, -0.15) is 0 Å². The van der Waals surface area contributed by atoms with Crippen LogP contribution in [0.3, 0.4) is 0 Å². The van der Waals surface area contributed by atoms with Gasteiger partial charge in [0.25, 0.3) is 0 Å². The Labute approximate surface area is 142 Å². The summed E-state index contributed by atoms with van der Waals surface area (Å²) in [6, 6.07) is 8.42. The maximum absolute atomic E-state index is 12.0. The number of benzene rings is 1. The molecule has 0 aliphatic carbocycles. The number of carboxylic acids is 1. The summed E-state index contributed by atoms with van der Waals surface area (Å²) in [6.07, 6.45) is 2.21. The van der Waals surface area contributed by atoms with E-state index in [2.05, 4.69) is 11.9 Å². The van der Waals surface area contributed by atoms with Gasteiger partial charge in [-0.3, -0.25) is 14.5 Å². The zero-order chi connectivity index (χ0) is 17.1. The second-order valence-electron chi connectivity index (χ2n) is 6.67. The predicted molar refractivity (Wildman–Crippen MR) is 89.8 cm³/mol. The minimum Gasteiger partial charge on any atom is -0.481 e. The SMILES string of the molecule is CN(Cc1ccc(N2C[C@@H](C(=O)O)CC2=O)cc1)C1CCOCC1. The molecule has 1 atom stereocenters. The average molecular weight is 332 g/mol. The summed E-state index contributed by atoms with van der Waals surface area (Å²) in [5.41, 5.74) is 1.97. The van der Waals surface area contributed by atoms with Gasteiger partial charge in [-0.05, 0) is 37.6 Å². The van der Waals surface area contributed by atoms with E-state index in [0.29, 0.717) is 6.04 Å². The Morgan fingerprint density at radius 3 is 2.54 bits per heavy atom. The molecular weight excluding hydrogens is 308 g/mol. The van der Waals surface area contributed by atoms with E-state index in [1.807, 2.05) is 24.3 Å². The lowest BCUT2D eigenvalue weighted by atomic mass is 10.1. The van der Waals surface area contributed by atoms with Gasteiger partial charge < -0.3 is 14.7 Å². The first-order valence-corrected chi connectivity index (χ1v) is 8.44. The van der Waals surface area contributed by atoms with E-state index in [0.717, 1.165) is 38.3 Å². The minimum absolute atomic E-state index is 0.0869. The second-order valence-corrected chi connectivity index (χ2v) is 6.67. The number of hydrogen-bond acceptors (Lipinski definition) is 4. The summed E-state index contributed by atoms with van der Waals surface area (Å²) < 4.78 is 5.40. The van der Waals surface area contributed by atoms with Crippen molar-refractivity contribution in [1.82, 2.24) is 4.90 Å². The summed E-state index contributed by atoms with van der Waals surface area (Å²) in [7, 11) is 2.13. The van der Waals surface area contributed by atoms with Gasteiger partial charge in [-0.25, -0.2) is 0 Å². The molecule has 6 nitrogen and oxygen atoms in total. The number of carbonyl (C=O) groups is 2. The number of ether oxygens (including phenoxy) is 1. The van der Waals surface area contributed by atoms with E-state index in [-0.39, 0.29) is 18.9 Å². The van der Waals surface area contributed by atoms with Crippen molar-refractivity contribution in [3.8, 4) is 0 Å². The Morgan fingerprint density at radius 2 is 1.96 bits per heavy atom. The van der Waals surface area contributed by atoms with Crippen LogP contribution >= 0.6 is 0 Å². The Kier molecular flexibility index (Phi) is 5.16. The lowest BCUT2D eigenvalue weighted by Gasteiger charge is -2.31. The predicted octanol–water partition coefficient (Wildman–Crippen LogP) is 1.73. The van der Waals surface area contributed by atoms with Crippen molar-refractivity contribution in [2.45, 2.75) is 31.8 Å². The summed E-state index contributed by atoms with van der Waals surface area (Å²) in [5, 5.41) is 9.07. The first kappa shape index (κ1) is 16.9. The fourth-order valence-corrected chi connectivity index (χ4v) is 3.45. The van der Waals surface area contributed by atoms with E-state index >= 15 is 0 Å². The number of nitrogens with zero attached hydrogens (tertiary/aromatic N) is 2. The molecule has 0 aromatic heterocycles. The molecule has 2 aliphatic rings. The number of aliphatic carboxylic acids is 1. The minimum atomic E-state index is -0.902. The molecule has 2 fully saturated rings. The molecule has 2 heterocycles. The van der Waals surface area contributed by atoms with E-state index in [4.69, 9.17) is 9.84 Å². The normalized spacial score (nSPS) is 22.3. The maximum atomic E-state index is 12.0. The van der Waals surface area contributed by atoms with Crippen LogP contribution in [0.4, 0.5) is 5.69 Å². The largest absolute Gasteiger partial charge is 0.481 e. The van der Waals surface area contributed by atoms with Crippen LogP contribution in [0.2, 0.25) is 0 Å². The molecule has 2 aliphatic heterocycles. The third-order valence-electron chi connectivity index (χ3n) is 4.97. The average Bonchev–Trinajstić information content (AvgIpc) is 2.98. The molecule has 0 unspecified atom stereocenters. The number of carboxylic acid groups (broad SMARTS) is 1. The van der Waals surface area contributed by atoms with Crippen molar-refractivity contribution in [3.05, 3.63) is 29.8 Å². The monoisotopic (exact) mass is 332 g/mol. The fourth-order valence-electron chi connectivity index (χ4n) is 3.45. The van der Waals surface area contributed by atoms with Gasteiger partial charge in [0.2, 0.25) is 5.91 Å². The highest BCUT2D eigenvalue weighted by Gasteiger charge is 2.34. The van der Waals surface area contributed by atoms with Crippen LogP contribution in [0.5, 0.6) is 0 Å². The van der Waals surface area contributed by atoms with Crippen LogP contribution in [0.15, 0.2) is 24.3 Å². The molecule has 1 N–H and O–H groups in total. The Bertz CT molecular complexity index is 596. The molecule has 0 saturated carbocycles. The highest BCUT2D eigenvalue weighted by molar-refractivity contribution is 5.99. The van der Waals surface area contributed by atoms with Crippen LogP contribution in [-0.4, -0.2) is 54.7 Å². The molecule has 1 aromatic carbocycles. The molecule has 0 spiro atoms. The van der Waals surface area contributed by atoms with Gasteiger partial charge in [0, 0.05) is 44.5 Å². The van der Waals surface area contributed by atoms with Gasteiger partial charge in [0.05, 0.1) is 5.92 Å². The number of rotatable bonds is 5. The third kappa shape index (κ3) is 3.76. The molecule has 0 radical (unpaired) electrons. The standard InChI is InChI=1S/C18H24N2O4/c1-19(15-6-8-24-9-7-15)11-13-2-4-16(5-3-13)20-12-14(18(22)23)10-17(20)21/h2-5,14-15H,6-12H2,1H3,(H,22,23)/t14-/m0/s1. The van der Waals surface area contributed by atoms with Crippen LogP contribution in [0.1, 0.15) is 24.8 Å². The number of anilines is 1. The molecule has 24 heavy (non-hydrogen) atoms. The highest BCUT2D eigenvalue weighted by Crippen LogP contribution is 2.26. The van der Waals surface area contributed by atoms with Crippen LogP contribution in [0.25, 0.3) is 0 Å². The molecular formula is C18H24N2O4. The van der Waals surface area contributed by atoms with Gasteiger partial charge >= 0.3 is 5.97 Å². The zero-order valence-corrected chi connectivity index (χ0v) is 14.0. The smallest absolute Gasteiger partial charge is 0.308 e.